The first-order valence-corrected chi connectivity index (χ1v) is 9.21. The number of H-pyrrole nitrogens is 1. The van der Waals surface area contributed by atoms with Crippen LogP contribution in [0.3, 0.4) is 0 Å². The molecule has 0 amide bonds. The van der Waals surface area contributed by atoms with Crippen LogP contribution in [0, 0.1) is 0 Å². The van der Waals surface area contributed by atoms with Gasteiger partial charge >= 0.3 is 0 Å². The molecule has 3 aromatic rings. The Balaban J connectivity index is 1.72. The van der Waals surface area contributed by atoms with E-state index in [1.165, 1.54) is 0 Å². The van der Waals surface area contributed by atoms with Crippen molar-refractivity contribution in [1.82, 2.24) is 14.5 Å². The van der Waals surface area contributed by atoms with Gasteiger partial charge in [-0.05, 0) is 29.8 Å². The number of aromatic amines is 1. The lowest BCUT2D eigenvalue weighted by atomic mass is 9.97. The minimum absolute atomic E-state index is 0.0376. The second kappa shape index (κ2) is 6.51. The minimum atomic E-state index is -1.27. The van der Waals surface area contributed by atoms with Gasteiger partial charge in [-0.15, -0.1) is 0 Å². The van der Waals surface area contributed by atoms with Crippen molar-refractivity contribution in [2.75, 3.05) is 0 Å². The van der Waals surface area contributed by atoms with Crippen LogP contribution in [-0.4, -0.2) is 18.7 Å². The molecule has 0 fully saturated rings. The van der Waals surface area contributed by atoms with Gasteiger partial charge in [-0.3, -0.25) is 5.10 Å². The monoisotopic (exact) mass is 357 g/mol. The quantitative estimate of drug-likeness (QED) is 0.773. The lowest BCUT2D eigenvalue weighted by Gasteiger charge is -2.34. The Kier molecular flexibility index (Phi) is 4.22. The molecule has 2 aromatic carbocycles. The first-order chi connectivity index (χ1) is 11.7. The lowest BCUT2D eigenvalue weighted by molar-refractivity contribution is 0.311. The Hall–Kier alpha value is -1.95. The highest BCUT2D eigenvalue weighted by atomic mass is 35.5. The van der Waals surface area contributed by atoms with Gasteiger partial charge in [0, 0.05) is 29.2 Å². The van der Waals surface area contributed by atoms with Crippen LogP contribution in [0.25, 0.3) is 0 Å². The van der Waals surface area contributed by atoms with E-state index in [9.17, 15) is 4.21 Å². The van der Waals surface area contributed by atoms with Gasteiger partial charge in [0.05, 0.1) is 17.1 Å². The fraction of sp³-hybridized carbons (Fsp3) is 0.167. The van der Waals surface area contributed by atoms with Crippen LogP contribution in [0.1, 0.15) is 22.9 Å². The van der Waals surface area contributed by atoms with E-state index in [0.717, 1.165) is 28.1 Å². The number of aromatic nitrogens is 2. The summed E-state index contributed by atoms with van der Waals surface area (Å²) in [5.74, 6) is 0. The van der Waals surface area contributed by atoms with Crippen LogP contribution in [-0.2, 0) is 24.0 Å². The molecule has 0 spiro atoms. The summed E-state index contributed by atoms with van der Waals surface area (Å²) in [5, 5.41) is 7.86. The minimum Gasteiger partial charge on any atom is -0.282 e. The number of halogens is 1. The average molecular weight is 358 g/mol. The Morgan fingerprint density at radius 3 is 2.62 bits per heavy atom. The highest BCUT2D eigenvalue weighted by molar-refractivity contribution is 7.82. The zero-order valence-electron chi connectivity index (χ0n) is 12.9. The van der Waals surface area contributed by atoms with Crippen molar-refractivity contribution in [1.29, 1.82) is 0 Å². The predicted octanol–water partition coefficient (Wildman–Crippen LogP) is 3.89. The van der Waals surface area contributed by atoms with Gasteiger partial charge in [-0.1, -0.05) is 41.9 Å². The average Bonchev–Trinajstić information content (AvgIpc) is 3.09. The fourth-order valence-electron chi connectivity index (χ4n) is 3.04. The molecule has 4 nitrogen and oxygen atoms in total. The van der Waals surface area contributed by atoms with Crippen molar-refractivity contribution in [3.63, 3.8) is 0 Å². The third kappa shape index (κ3) is 2.90. The first kappa shape index (κ1) is 15.6. The van der Waals surface area contributed by atoms with Crippen LogP contribution in [0.5, 0.6) is 0 Å². The molecule has 2 unspecified atom stereocenters. The number of rotatable bonds is 3. The van der Waals surface area contributed by atoms with Crippen LogP contribution in [0.2, 0.25) is 5.02 Å². The van der Waals surface area contributed by atoms with E-state index in [1.807, 2.05) is 40.8 Å². The van der Waals surface area contributed by atoms with Gasteiger partial charge in [-0.2, -0.15) is 5.10 Å². The zero-order valence-corrected chi connectivity index (χ0v) is 14.4. The van der Waals surface area contributed by atoms with E-state index >= 15 is 0 Å². The van der Waals surface area contributed by atoms with Gasteiger partial charge < -0.3 is 0 Å². The lowest BCUT2D eigenvalue weighted by Crippen LogP contribution is -2.35. The van der Waals surface area contributed by atoms with Crippen LogP contribution >= 0.6 is 11.6 Å². The van der Waals surface area contributed by atoms with Gasteiger partial charge in [0.2, 0.25) is 0 Å². The van der Waals surface area contributed by atoms with E-state index in [2.05, 4.69) is 22.3 Å². The third-order valence-corrected chi connectivity index (χ3v) is 6.03. The number of nitrogens with one attached hydrogen (secondary N) is 1. The van der Waals surface area contributed by atoms with Crippen LogP contribution < -0.4 is 0 Å². The largest absolute Gasteiger partial charge is 0.282 e. The van der Waals surface area contributed by atoms with Crippen molar-refractivity contribution in [3.8, 4) is 0 Å². The third-order valence-electron chi connectivity index (χ3n) is 4.29. The maximum atomic E-state index is 13.2. The Bertz CT molecular complexity index is 863. The highest BCUT2D eigenvalue weighted by Crippen LogP contribution is 2.35. The van der Waals surface area contributed by atoms with E-state index in [0.29, 0.717) is 11.6 Å². The topological polar surface area (TPSA) is 49.0 Å². The smallest absolute Gasteiger partial charge is 0.128 e. The number of fused-ring (bicyclic) bond motifs is 1. The Morgan fingerprint density at radius 2 is 1.88 bits per heavy atom. The number of hydrogen-bond acceptors (Lipinski definition) is 2. The maximum absolute atomic E-state index is 13.2. The second-order valence-corrected chi connectivity index (χ2v) is 7.66. The number of hydrogen-bond donors (Lipinski definition) is 1. The van der Waals surface area contributed by atoms with Crippen molar-refractivity contribution < 1.29 is 4.21 Å². The molecule has 0 saturated heterocycles. The number of nitrogens with zero attached hydrogens (tertiary/aromatic N) is 2. The van der Waals surface area contributed by atoms with Gasteiger partial charge in [0.25, 0.3) is 0 Å². The Morgan fingerprint density at radius 1 is 1.12 bits per heavy atom. The SMILES string of the molecule is O=S(c1ccc(Cl)cc1)N1Cc2cn[nH]c2CC1c1ccccc1. The molecule has 1 aromatic heterocycles. The van der Waals surface area contributed by atoms with E-state index in [-0.39, 0.29) is 6.04 Å². The summed E-state index contributed by atoms with van der Waals surface area (Å²) in [6.07, 6.45) is 2.58. The Labute approximate surface area is 148 Å². The van der Waals surface area contributed by atoms with Crippen LogP contribution in [0.15, 0.2) is 65.7 Å². The summed E-state index contributed by atoms with van der Waals surface area (Å²) >= 11 is 5.95. The van der Waals surface area contributed by atoms with E-state index < -0.39 is 11.0 Å². The fourth-order valence-corrected chi connectivity index (χ4v) is 4.49. The predicted molar refractivity (Wildman–Crippen MR) is 94.9 cm³/mol. The molecule has 122 valence electrons. The maximum Gasteiger partial charge on any atom is 0.128 e. The van der Waals surface area contributed by atoms with Crippen LogP contribution in [0.4, 0.5) is 0 Å². The van der Waals surface area contributed by atoms with E-state index in [1.54, 1.807) is 12.1 Å². The summed E-state index contributed by atoms with van der Waals surface area (Å²) in [6.45, 7) is 0.598. The molecule has 6 heteroatoms. The number of benzene rings is 2. The summed E-state index contributed by atoms with van der Waals surface area (Å²) < 4.78 is 15.2. The summed E-state index contributed by atoms with van der Waals surface area (Å²) in [7, 11) is -1.27. The molecular formula is C18H16ClN3OS. The van der Waals surface area contributed by atoms with Crippen molar-refractivity contribution in [2.24, 2.45) is 0 Å². The normalized spacial score (nSPS) is 19.0. The summed E-state index contributed by atoms with van der Waals surface area (Å²) in [4.78, 5) is 0.757. The highest BCUT2D eigenvalue weighted by Gasteiger charge is 2.32. The molecule has 0 bridgehead atoms. The van der Waals surface area contributed by atoms with Crippen molar-refractivity contribution in [3.05, 3.63) is 82.6 Å². The van der Waals surface area contributed by atoms with Gasteiger partial charge in [-0.25, -0.2) is 8.51 Å². The molecule has 2 heterocycles. The molecule has 4 rings (SSSR count). The summed E-state index contributed by atoms with van der Waals surface area (Å²) in [5.41, 5.74) is 3.37. The molecule has 1 N–H and O–H groups in total. The summed E-state index contributed by atoms with van der Waals surface area (Å²) in [6, 6.07) is 17.4. The molecule has 0 radical (unpaired) electrons. The molecule has 24 heavy (non-hydrogen) atoms. The standard InChI is InChI=1S/C18H16ClN3OS/c19-15-6-8-16(9-7-15)24(23)22-12-14-11-20-21-17(14)10-18(22)13-4-2-1-3-5-13/h1-9,11,18H,10,12H2,(H,20,21). The molecule has 1 aliphatic rings. The second-order valence-electron chi connectivity index (χ2n) is 5.78. The van der Waals surface area contributed by atoms with E-state index in [4.69, 9.17) is 11.6 Å². The molecular weight excluding hydrogens is 342 g/mol. The molecule has 0 aliphatic carbocycles. The van der Waals surface area contributed by atoms with Crippen molar-refractivity contribution >= 4 is 22.6 Å². The van der Waals surface area contributed by atoms with Crippen molar-refractivity contribution in [2.45, 2.75) is 23.9 Å². The van der Waals surface area contributed by atoms with Gasteiger partial charge in [0.1, 0.15) is 11.0 Å². The molecule has 1 aliphatic heterocycles. The van der Waals surface area contributed by atoms with Gasteiger partial charge in [0.15, 0.2) is 0 Å². The molecule has 0 saturated carbocycles. The first-order valence-electron chi connectivity index (χ1n) is 7.72. The zero-order chi connectivity index (χ0) is 16.5. The molecule has 2 atom stereocenters.